The largest absolute Gasteiger partial charge is 0.569 e. The van der Waals surface area contributed by atoms with Gasteiger partial charge in [0.2, 0.25) is 5.28 Å². The third kappa shape index (κ3) is 9.20. The fourth-order valence-electron chi connectivity index (χ4n) is 0.985. The summed E-state index contributed by atoms with van der Waals surface area (Å²) in [5.41, 5.74) is -0.678. The number of carbonyl (C=O) groups is 1. The van der Waals surface area contributed by atoms with Crippen molar-refractivity contribution in [2.24, 2.45) is 5.28 Å². The molecule has 118 valence electrons. The molecule has 1 N–H and O–H groups in total. The minimum Gasteiger partial charge on any atom is -0.569 e. The van der Waals surface area contributed by atoms with E-state index in [2.05, 4.69) is 5.28 Å². The average molecular weight is 293 g/mol. The lowest BCUT2D eigenvalue weighted by atomic mass is 10.2. The smallest absolute Gasteiger partial charge is 0.511 e. The first kappa shape index (κ1) is 18.2. The first-order valence-corrected chi connectivity index (χ1v) is 6.21. The first-order chi connectivity index (χ1) is 9.15. The summed E-state index contributed by atoms with van der Waals surface area (Å²) in [7, 11) is 1.48. The number of nitrogens with zero attached hydrogens (tertiary/aromatic N) is 3. The maximum atomic E-state index is 11.4. The molecule has 0 rings (SSSR count). The molecular weight excluding hydrogens is 270 g/mol. The molecule has 0 fully saturated rings. The molecular formula is C11H23N3O6. The summed E-state index contributed by atoms with van der Waals surface area (Å²) in [5.74, 6) is 0. The zero-order valence-electron chi connectivity index (χ0n) is 12.5. The Morgan fingerprint density at radius 3 is 2.60 bits per heavy atom. The third-order valence-corrected chi connectivity index (χ3v) is 1.85. The van der Waals surface area contributed by atoms with Gasteiger partial charge in [0, 0.05) is 13.5 Å². The summed E-state index contributed by atoms with van der Waals surface area (Å²) in [6.45, 7) is 6.76. The third-order valence-electron chi connectivity index (χ3n) is 1.85. The monoisotopic (exact) mass is 293 g/mol. The van der Waals surface area contributed by atoms with Crippen LogP contribution in [0.1, 0.15) is 34.1 Å². The number of carbonyl (C=O) groups excluding carboxylic acids is 1. The van der Waals surface area contributed by atoms with Gasteiger partial charge < -0.3 is 19.8 Å². The van der Waals surface area contributed by atoms with Gasteiger partial charge in [-0.3, -0.25) is 4.84 Å². The lowest BCUT2D eigenvalue weighted by Gasteiger charge is -2.19. The molecule has 9 nitrogen and oxygen atoms in total. The van der Waals surface area contributed by atoms with E-state index in [1.165, 1.54) is 19.0 Å². The van der Waals surface area contributed by atoms with Crippen LogP contribution in [0.5, 0.6) is 0 Å². The van der Waals surface area contributed by atoms with E-state index in [1.807, 2.05) is 0 Å². The topological polar surface area (TPSA) is 107 Å². The molecule has 1 unspecified atom stereocenters. The number of aliphatic hydroxyl groups is 1. The standard InChI is InChI=1S/C11H23N3O6/c1-9(18-10(16)19-11(2,3)4)20-12-14(17)13(5)7-6-8-15/h9,15H,6-8H2,1-5H3/b14-12-. The van der Waals surface area contributed by atoms with Crippen molar-refractivity contribution < 1.29 is 29.2 Å². The lowest BCUT2D eigenvalue weighted by molar-refractivity contribution is -0.707. The minimum atomic E-state index is -1.06. The van der Waals surface area contributed by atoms with Crippen molar-refractivity contribution >= 4 is 6.16 Å². The zero-order chi connectivity index (χ0) is 15.8. The molecule has 0 aromatic heterocycles. The van der Waals surface area contributed by atoms with Crippen molar-refractivity contribution in [3.05, 3.63) is 5.21 Å². The van der Waals surface area contributed by atoms with Crippen molar-refractivity contribution in [2.75, 3.05) is 20.2 Å². The van der Waals surface area contributed by atoms with Gasteiger partial charge in [-0.25, -0.2) is 4.79 Å². The molecule has 0 bridgehead atoms. The minimum absolute atomic E-state index is 0.0306. The number of hydrogen-bond acceptors (Lipinski definition) is 7. The fourth-order valence-corrected chi connectivity index (χ4v) is 0.985. The average Bonchev–Trinajstić information content (AvgIpc) is 2.30. The Morgan fingerprint density at radius 2 is 2.10 bits per heavy atom. The highest BCUT2D eigenvalue weighted by molar-refractivity contribution is 5.60. The Labute approximate surface area is 118 Å². The van der Waals surface area contributed by atoms with Crippen LogP contribution in [0, 0.1) is 5.21 Å². The van der Waals surface area contributed by atoms with E-state index >= 15 is 0 Å². The second-order valence-corrected chi connectivity index (χ2v) is 5.05. The number of hydrazine groups is 1. The Hall–Kier alpha value is -1.77. The Bertz CT molecular complexity index is 329. The van der Waals surface area contributed by atoms with Gasteiger partial charge in [0.15, 0.2) is 0 Å². The molecule has 0 saturated carbocycles. The molecule has 0 saturated heterocycles. The molecule has 0 aliphatic heterocycles. The molecule has 0 aliphatic rings. The molecule has 0 radical (unpaired) electrons. The molecule has 0 aliphatic carbocycles. The van der Waals surface area contributed by atoms with Gasteiger partial charge in [0.25, 0.3) is 6.29 Å². The summed E-state index contributed by atoms with van der Waals surface area (Å²) in [5, 5.41) is 24.4. The molecule has 20 heavy (non-hydrogen) atoms. The van der Waals surface area contributed by atoms with Gasteiger partial charge >= 0.3 is 6.16 Å². The highest BCUT2D eigenvalue weighted by atomic mass is 16.8. The van der Waals surface area contributed by atoms with Gasteiger partial charge in [-0.15, -0.1) is 5.01 Å². The summed E-state index contributed by atoms with van der Waals surface area (Å²) < 4.78 is 9.64. The van der Waals surface area contributed by atoms with Gasteiger partial charge in [-0.1, -0.05) is 0 Å². The predicted octanol–water partition coefficient (Wildman–Crippen LogP) is 1.41. The first-order valence-electron chi connectivity index (χ1n) is 6.21. The van der Waals surface area contributed by atoms with Crippen LogP contribution in [0.2, 0.25) is 0 Å². The van der Waals surface area contributed by atoms with Gasteiger partial charge in [-0.2, -0.15) is 0 Å². The Morgan fingerprint density at radius 1 is 1.50 bits per heavy atom. The maximum Gasteiger partial charge on any atom is 0.511 e. The van der Waals surface area contributed by atoms with Crippen molar-refractivity contribution in [1.82, 2.24) is 5.01 Å². The number of aliphatic hydroxyl groups excluding tert-OH is 1. The van der Waals surface area contributed by atoms with Crippen LogP contribution < -0.4 is 0 Å². The van der Waals surface area contributed by atoms with Crippen LogP contribution in [-0.4, -0.2) is 53.3 Å². The second kappa shape index (κ2) is 8.41. The van der Waals surface area contributed by atoms with Gasteiger partial charge in [0.1, 0.15) is 5.60 Å². The van der Waals surface area contributed by atoms with Gasteiger partial charge in [-0.05, 0) is 27.2 Å². The lowest BCUT2D eigenvalue weighted by Crippen LogP contribution is -2.29. The van der Waals surface area contributed by atoms with Crippen LogP contribution in [-0.2, 0) is 14.3 Å². The molecule has 0 aromatic rings. The SMILES string of the molecule is CC(O/N=[N+](\[O-])N(C)CCCO)OC(=O)OC(C)(C)C. The second-order valence-electron chi connectivity index (χ2n) is 5.05. The molecule has 0 heterocycles. The molecule has 1 atom stereocenters. The van der Waals surface area contributed by atoms with Crippen molar-refractivity contribution in [1.29, 1.82) is 0 Å². The normalized spacial score (nSPS) is 13.6. The summed E-state index contributed by atoms with van der Waals surface area (Å²) in [6, 6.07) is 0. The summed E-state index contributed by atoms with van der Waals surface area (Å²) in [4.78, 5) is 16.2. The highest BCUT2D eigenvalue weighted by Gasteiger charge is 2.20. The van der Waals surface area contributed by atoms with Crippen LogP contribution in [0.25, 0.3) is 0 Å². The van der Waals surface area contributed by atoms with Crippen LogP contribution in [0.3, 0.4) is 0 Å². The van der Waals surface area contributed by atoms with E-state index < -0.39 is 18.0 Å². The van der Waals surface area contributed by atoms with E-state index in [4.69, 9.17) is 19.4 Å². The van der Waals surface area contributed by atoms with Crippen molar-refractivity contribution in [3.63, 3.8) is 0 Å². The van der Waals surface area contributed by atoms with E-state index in [1.54, 1.807) is 20.8 Å². The number of ether oxygens (including phenoxy) is 2. The number of hydrogen-bond donors (Lipinski definition) is 1. The maximum absolute atomic E-state index is 11.4. The molecule has 0 spiro atoms. The predicted molar refractivity (Wildman–Crippen MR) is 68.3 cm³/mol. The quantitative estimate of drug-likeness (QED) is 0.248. The van der Waals surface area contributed by atoms with Gasteiger partial charge in [0.05, 0.1) is 18.6 Å². The molecule has 0 amide bonds. The molecule has 0 aromatic carbocycles. The van der Waals surface area contributed by atoms with Crippen LogP contribution >= 0.6 is 0 Å². The fraction of sp³-hybridized carbons (Fsp3) is 0.909. The Balaban J connectivity index is 4.14. The summed E-state index contributed by atoms with van der Waals surface area (Å²) >= 11 is 0. The van der Waals surface area contributed by atoms with E-state index in [0.29, 0.717) is 13.0 Å². The molecule has 9 heteroatoms. The van der Waals surface area contributed by atoms with E-state index in [0.717, 1.165) is 0 Å². The summed E-state index contributed by atoms with van der Waals surface area (Å²) in [6.07, 6.45) is -1.55. The van der Waals surface area contributed by atoms with Crippen molar-refractivity contribution in [3.8, 4) is 0 Å². The Kier molecular flexibility index (Phi) is 7.67. The zero-order valence-corrected chi connectivity index (χ0v) is 12.5. The number of rotatable bonds is 7. The highest BCUT2D eigenvalue weighted by Crippen LogP contribution is 2.09. The van der Waals surface area contributed by atoms with E-state index in [-0.39, 0.29) is 11.6 Å². The van der Waals surface area contributed by atoms with E-state index in [9.17, 15) is 10.0 Å². The van der Waals surface area contributed by atoms with Crippen molar-refractivity contribution in [2.45, 2.75) is 46.0 Å². The van der Waals surface area contributed by atoms with Crippen LogP contribution in [0.15, 0.2) is 5.28 Å². The van der Waals surface area contributed by atoms with Crippen LogP contribution in [0.4, 0.5) is 4.79 Å².